The molecular formula is C17H21O4-. The molecule has 0 aromatic heterocycles. The fourth-order valence-electron chi connectivity index (χ4n) is 2.32. The molecule has 0 amide bonds. The van der Waals surface area contributed by atoms with Crippen LogP contribution in [0.15, 0.2) is 33.9 Å². The summed E-state index contributed by atoms with van der Waals surface area (Å²) < 4.78 is 0. The molecule has 0 aromatic rings. The van der Waals surface area contributed by atoms with Crippen molar-refractivity contribution in [1.29, 1.82) is 0 Å². The summed E-state index contributed by atoms with van der Waals surface area (Å²) in [5, 5.41) is 10.3. The van der Waals surface area contributed by atoms with Crippen LogP contribution in [0.3, 0.4) is 0 Å². The average Bonchev–Trinajstić information content (AvgIpc) is 2.42. The highest BCUT2D eigenvalue weighted by molar-refractivity contribution is 6.24. The molecule has 1 aliphatic carbocycles. The lowest BCUT2D eigenvalue weighted by atomic mass is 9.83. The normalized spacial score (nSPS) is 16.9. The van der Waals surface area contributed by atoms with Gasteiger partial charge in [0.2, 0.25) is 0 Å². The zero-order valence-corrected chi connectivity index (χ0v) is 13.0. The molecule has 0 unspecified atom stereocenters. The molecule has 21 heavy (non-hydrogen) atoms. The van der Waals surface area contributed by atoms with Crippen molar-refractivity contribution >= 4 is 17.5 Å². The van der Waals surface area contributed by atoms with Crippen LogP contribution in [0.4, 0.5) is 0 Å². The van der Waals surface area contributed by atoms with Gasteiger partial charge < -0.3 is 9.90 Å². The van der Waals surface area contributed by atoms with Crippen molar-refractivity contribution < 1.29 is 19.5 Å². The fraction of sp³-hybridized carbons (Fsp3) is 0.471. The maximum absolute atomic E-state index is 12.2. The van der Waals surface area contributed by atoms with Gasteiger partial charge in [-0.15, -0.1) is 0 Å². The summed E-state index contributed by atoms with van der Waals surface area (Å²) in [7, 11) is 0. The Hall–Kier alpha value is -1.97. The summed E-state index contributed by atoms with van der Waals surface area (Å²) in [5.74, 6) is -1.17. The van der Waals surface area contributed by atoms with Crippen molar-refractivity contribution in [3.05, 3.63) is 33.9 Å². The molecule has 0 aliphatic heterocycles. The summed E-state index contributed by atoms with van der Waals surface area (Å²) in [6, 6.07) is 0. The van der Waals surface area contributed by atoms with Gasteiger partial charge in [0, 0.05) is 28.3 Å². The van der Waals surface area contributed by atoms with Crippen LogP contribution in [0.5, 0.6) is 0 Å². The number of allylic oxidation sites excluding steroid dienone is 6. The number of aliphatic carboxylic acids is 1. The Kier molecular flexibility index (Phi) is 5.82. The summed E-state index contributed by atoms with van der Waals surface area (Å²) in [5.41, 5.74) is 3.18. The third kappa shape index (κ3) is 4.25. The third-order valence-corrected chi connectivity index (χ3v) is 3.92. The van der Waals surface area contributed by atoms with E-state index < -0.39 is 5.97 Å². The molecule has 4 heteroatoms. The number of carbonyl (C=O) groups is 3. The Balaban J connectivity index is 2.73. The van der Waals surface area contributed by atoms with Gasteiger partial charge >= 0.3 is 0 Å². The molecule has 0 heterocycles. The number of hydrogen-bond donors (Lipinski definition) is 0. The van der Waals surface area contributed by atoms with Gasteiger partial charge in [0.25, 0.3) is 0 Å². The third-order valence-electron chi connectivity index (χ3n) is 3.92. The molecule has 0 spiro atoms. The molecule has 0 atom stereocenters. The molecule has 0 fully saturated rings. The van der Waals surface area contributed by atoms with Gasteiger partial charge in [-0.25, -0.2) is 0 Å². The van der Waals surface area contributed by atoms with E-state index in [1.54, 1.807) is 20.8 Å². The van der Waals surface area contributed by atoms with Gasteiger partial charge in [-0.05, 0) is 53.4 Å². The van der Waals surface area contributed by atoms with Crippen molar-refractivity contribution in [3.8, 4) is 0 Å². The first-order chi connectivity index (χ1) is 9.75. The van der Waals surface area contributed by atoms with E-state index in [4.69, 9.17) is 0 Å². The largest absolute Gasteiger partial charge is 0.550 e. The number of hydrogen-bond acceptors (Lipinski definition) is 4. The minimum atomic E-state index is -1.07. The van der Waals surface area contributed by atoms with E-state index in [1.807, 2.05) is 13.0 Å². The van der Waals surface area contributed by atoms with Gasteiger partial charge in [-0.2, -0.15) is 0 Å². The highest BCUT2D eigenvalue weighted by Gasteiger charge is 2.27. The smallest absolute Gasteiger partial charge is 0.185 e. The Bertz CT molecular complexity index is 574. The number of carboxylic acids is 1. The van der Waals surface area contributed by atoms with E-state index in [-0.39, 0.29) is 18.0 Å². The van der Waals surface area contributed by atoms with Crippen LogP contribution in [-0.2, 0) is 14.4 Å². The van der Waals surface area contributed by atoms with E-state index in [0.717, 1.165) is 5.57 Å². The van der Waals surface area contributed by atoms with Crippen LogP contribution < -0.4 is 5.11 Å². The standard InChI is InChI=1S/C17H22O4/c1-10(6-5-7-15(18)19)8-9-14-13(4)16(20)11(2)12(3)17(14)21/h6H,5,7-9H2,1-4H3,(H,18,19)/p-1/b10-6+. The molecule has 1 aliphatic rings. The van der Waals surface area contributed by atoms with Crippen molar-refractivity contribution in [2.75, 3.05) is 0 Å². The lowest BCUT2D eigenvalue weighted by molar-refractivity contribution is -0.305. The van der Waals surface area contributed by atoms with Crippen molar-refractivity contribution in [2.24, 2.45) is 0 Å². The molecule has 0 saturated heterocycles. The zero-order chi connectivity index (χ0) is 16.2. The van der Waals surface area contributed by atoms with E-state index in [9.17, 15) is 19.5 Å². The molecule has 4 nitrogen and oxygen atoms in total. The predicted octanol–water partition coefficient (Wildman–Crippen LogP) is 2.05. The first-order valence-corrected chi connectivity index (χ1v) is 7.07. The number of carbonyl (C=O) groups excluding carboxylic acids is 3. The minimum Gasteiger partial charge on any atom is -0.550 e. The van der Waals surface area contributed by atoms with Gasteiger partial charge in [-0.3, -0.25) is 9.59 Å². The van der Waals surface area contributed by atoms with Crippen molar-refractivity contribution in [2.45, 2.75) is 53.4 Å². The van der Waals surface area contributed by atoms with Gasteiger partial charge in [0.1, 0.15) is 0 Å². The number of Topliss-reactive ketones (excluding diaryl/α,β-unsaturated/α-hetero) is 2. The molecule has 0 bridgehead atoms. The van der Waals surface area contributed by atoms with Crippen LogP contribution in [0, 0.1) is 0 Å². The minimum absolute atomic E-state index is 0.00246. The molecule has 0 aromatic carbocycles. The first kappa shape index (κ1) is 17.1. The second kappa shape index (κ2) is 7.16. The van der Waals surface area contributed by atoms with Gasteiger partial charge in [-0.1, -0.05) is 11.6 Å². The summed E-state index contributed by atoms with van der Waals surface area (Å²) in [6.45, 7) is 6.96. The topological polar surface area (TPSA) is 74.3 Å². The molecule has 0 radical (unpaired) electrons. The average molecular weight is 289 g/mol. The van der Waals surface area contributed by atoms with Gasteiger partial charge in [0.15, 0.2) is 11.6 Å². The Morgan fingerprint density at radius 2 is 1.57 bits per heavy atom. The fourth-order valence-corrected chi connectivity index (χ4v) is 2.32. The van der Waals surface area contributed by atoms with Gasteiger partial charge in [0.05, 0.1) is 0 Å². The van der Waals surface area contributed by atoms with Crippen LogP contribution in [0.1, 0.15) is 53.4 Å². The second-order valence-corrected chi connectivity index (χ2v) is 5.47. The van der Waals surface area contributed by atoms with Crippen molar-refractivity contribution in [1.82, 2.24) is 0 Å². The highest BCUT2D eigenvalue weighted by Crippen LogP contribution is 2.27. The monoisotopic (exact) mass is 289 g/mol. The Labute approximate surface area is 125 Å². The van der Waals surface area contributed by atoms with E-state index in [2.05, 4.69) is 0 Å². The summed E-state index contributed by atoms with van der Waals surface area (Å²) in [6.07, 6.45) is 3.42. The van der Waals surface area contributed by atoms with Crippen LogP contribution >= 0.6 is 0 Å². The van der Waals surface area contributed by atoms with Crippen LogP contribution in [0.25, 0.3) is 0 Å². The first-order valence-electron chi connectivity index (χ1n) is 7.07. The quantitative estimate of drug-likeness (QED) is 0.554. The second-order valence-electron chi connectivity index (χ2n) is 5.47. The predicted molar refractivity (Wildman–Crippen MR) is 78.3 cm³/mol. The molecule has 1 rings (SSSR count). The lowest BCUT2D eigenvalue weighted by Crippen LogP contribution is -2.21. The maximum Gasteiger partial charge on any atom is 0.185 e. The number of carboxylic acid groups (broad SMARTS) is 1. The Morgan fingerprint density at radius 1 is 1.00 bits per heavy atom. The SMILES string of the molecule is CC1=C(C)C(=O)C(CC/C(C)=C/CCC(=O)[O-])=C(C)C1=O. The maximum atomic E-state index is 12.2. The molecule has 0 saturated carbocycles. The lowest BCUT2D eigenvalue weighted by Gasteiger charge is -2.18. The molecule has 114 valence electrons. The Morgan fingerprint density at radius 3 is 2.14 bits per heavy atom. The van der Waals surface area contributed by atoms with Crippen molar-refractivity contribution in [3.63, 3.8) is 0 Å². The zero-order valence-electron chi connectivity index (χ0n) is 13.0. The van der Waals surface area contributed by atoms with E-state index in [0.29, 0.717) is 41.6 Å². The number of ketones is 2. The molecular weight excluding hydrogens is 268 g/mol. The van der Waals surface area contributed by atoms with Crippen LogP contribution in [0.2, 0.25) is 0 Å². The number of rotatable bonds is 6. The van der Waals surface area contributed by atoms with E-state index >= 15 is 0 Å². The van der Waals surface area contributed by atoms with E-state index in [1.165, 1.54) is 0 Å². The molecule has 0 N–H and O–H groups in total. The summed E-state index contributed by atoms with van der Waals surface area (Å²) in [4.78, 5) is 34.6. The summed E-state index contributed by atoms with van der Waals surface area (Å²) >= 11 is 0. The highest BCUT2D eigenvalue weighted by atomic mass is 16.4. The van der Waals surface area contributed by atoms with Crippen LogP contribution in [-0.4, -0.2) is 17.5 Å².